The average molecular weight is 364 g/mol. The number of thiazole rings is 1. The van der Waals surface area contributed by atoms with Crippen LogP contribution in [0.1, 0.15) is 48.5 Å². The first-order chi connectivity index (χ1) is 11.9. The van der Waals surface area contributed by atoms with Gasteiger partial charge in [0.05, 0.1) is 29.5 Å². The van der Waals surface area contributed by atoms with E-state index in [1.807, 2.05) is 13.8 Å². The minimum absolute atomic E-state index is 0.122. The van der Waals surface area contributed by atoms with E-state index in [0.717, 1.165) is 12.8 Å². The summed E-state index contributed by atoms with van der Waals surface area (Å²) in [7, 11) is 0. The van der Waals surface area contributed by atoms with E-state index in [-0.39, 0.29) is 23.8 Å². The molecule has 2 rings (SSSR count). The molecule has 25 heavy (non-hydrogen) atoms. The van der Waals surface area contributed by atoms with E-state index in [1.165, 1.54) is 17.6 Å². The van der Waals surface area contributed by atoms with Crippen LogP contribution in [0, 0.1) is 6.92 Å². The van der Waals surface area contributed by atoms with Crippen LogP contribution in [0.15, 0.2) is 22.1 Å². The molecule has 7 nitrogen and oxygen atoms in total. The van der Waals surface area contributed by atoms with Crippen LogP contribution in [0.3, 0.4) is 0 Å². The van der Waals surface area contributed by atoms with E-state index in [9.17, 15) is 9.59 Å². The summed E-state index contributed by atoms with van der Waals surface area (Å²) in [5.74, 6) is 0.143. The average Bonchev–Trinajstić information content (AvgIpc) is 3.21. The SMILES string of the molecule is CCC(CC)(CN)NC(=O)Cc1csc(NC(=O)c2ccoc2C)n1. The van der Waals surface area contributed by atoms with Gasteiger partial charge in [0.1, 0.15) is 5.76 Å². The van der Waals surface area contributed by atoms with E-state index in [1.54, 1.807) is 18.4 Å². The molecule has 0 saturated carbocycles. The molecular weight excluding hydrogens is 340 g/mol. The molecule has 0 saturated heterocycles. The molecular formula is C17H24N4O3S. The van der Waals surface area contributed by atoms with Crippen LogP contribution in [-0.4, -0.2) is 28.9 Å². The Morgan fingerprint density at radius 3 is 2.64 bits per heavy atom. The number of nitrogens with one attached hydrogen (secondary N) is 2. The molecule has 0 radical (unpaired) electrons. The van der Waals surface area contributed by atoms with Gasteiger partial charge in [0.15, 0.2) is 5.13 Å². The van der Waals surface area contributed by atoms with Crippen LogP contribution in [0.2, 0.25) is 0 Å². The summed E-state index contributed by atoms with van der Waals surface area (Å²) in [6.07, 6.45) is 3.16. The predicted octanol–water partition coefficient (Wildman–Crippen LogP) is 2.47. The number of nitrogens with zero attached hydrogens (tertiary/aromatic N) is 1. The highest BCUT2D eigenvalue weighted by molar-refractivity contribution is 7.14. The highest BCUT2D eigenvalue weighted by Crippen LogP contribution is 2.19. The lowest BCUT2D eigenvalue weighted by molar-refractivity contribution is -0.122. The normalized spacial score (nSPS) is 11.4. The van der Waals surface area contributed by atoms with Crippen LogP contribution in [0.5, 0.6) is 0 Å². The summed E-state index contributed by atoms with van der Waals surface area (Å²) in [6, 6.07) is 1.61. The topological polar surface area (TPSA) is 110 Å². The van der Waals surface area contributed by atoms with Crippen molar-refractivity contribution in [3.63, 3.8) is 0 Å². The van der Waals surface area contributed by atoms with E-state index >= 15 is 0 Å². The van der Waals surface area contributed by atoms with E-state index < -0.39 is 0 Å². The number of carbonyl (C=O) groups is 2. The van der Waals surface area contributed by atoms with Crippen LogP contribution in [0.4, 0.5) is 5.13 Å². The Balaban J connectivity index is 1.96. The van der Waals surface area contributed by atoms with Crippen LogP contribution < -0.4 is 16.4 Å². The molecule has 0 spiro atoms. The molecule has 0 bridgehead atoms. The van der Waals surface area contributed by atoms with Crippen molar-refractivity contribution in [2.75, 3.05) is 11.9 Å². The van der Waals surface area contributed by atoms with Gasteiger partial charge in [-0.1, -0.05) is 13.8 Å². The molecule has 2 aromatic heterocycles. The summed E-state index contributed by atoms with van der Waals surface area (Å²) in [4.78, 5) is 28.7. The Bertz CT molecular complexity index is 726. The fourth-order valence-electron chi connectivity index (χ4n) is 2.50. The van der Waals surface area contributed by atoms with Gasteiger partial charge in [0.2, 0.25) is 5.91 Å². The Labute approximate surface area is 151 Å². The molecule has 0 aliphatic rings. The van der Waals surface area contributed by atoms with Gasteiger partial charge in [0.25, 0.3) is 5.91 Å². The predicted molar refractivity (Wildman–Crippen MR) is 97.7 cm³/mol. The van der Waals surface area contributed by atoms with Gasteiger partial charge in [-0.15, -0.1) is 11.3 Å². The van der Waals surface area contributed by atoms with Crippen molar-refractivity contribution < 1.29 is 14.0 Å². The highest BCUT2D eigenvalue weighted by Gasteiger charge is 2.26. The molecule has 0 aromatic carbocycles. The Morgan fingerprint density at radius 1 is 1.36 bits per heavy atom. The lowest BCUT2D eigenvalue weighted by Crippen LogP contribution is -2.53. The second-order valence-corrected chi connectivity index (χ2v) is 6.76. The molecule has 0 aliphatic carbocycles. The lowest BCUT2D eigenvalue weighted by atomic mass is 9.92. The molecule has 2 heterocycles. The van der Waals surface area contributed by atoms with Crippen molar-refractivity contribution in [2.24, 2.45) is 5.73 Å². The quantitative estimate of drug-likeness (QED) is 0.666. The fraction of sp³-hybridized carbons (Fsp3) is 0.471. The second kappa shape index (κ2) is 8.26. The molecule has 0 aliphatic heterocycles. The van der Waals surface area contributed by atoms with Crippen LogP contribution in [0.25, 0.3) is 0 Å². The summed E-state index contributed by atoms with van der Waals surface area (Å²) in [5.41, 5.74) is 6.51. The number of anilines is 1. The monoisotopic (exact) mass is 364 g/mol. The number of amides is 2. The summed E-state index contributed by atoms with van der Waals surface area (Å²) >= 11 is 1.28. The minimum Gasteiger partial charge on any atom is -0.469 e. The smallest absolute Gasteiger partial charge is 0.260 e. The molecule has 0 atom stereocenters. The standard InChI is InChI=1S/C17H24N4O3S/c1-4-17(5-2,10-18)21-14(22)8-12-9-25-16(19-12)20-15(23)13-6-7-24-11(13)3/h6-7,9H,4-5,8,10,18H2,1-3H3,(H,21,22)(H,19,20,23). The summed E-state index contributed by atoms with van der Waals surface area (Å²) in [5, 5.41) is 7.94. The molecule has 2 aromatic rings. The maximum Gasteiger partial charge on any atom is 0.260 e. The zero-order chi connectivity index (χ0) is 18.4. The number of hydrogen-bond acceptors (Lipinski definition) is 6. The van der Waals surface area contributed by atoms with Crippen LogP contribution in [-0.2, 0) is 11.2 Å². The molecule has 0 fully saturated rings. The minimum atomic E-state index is -0.372. The first-order valence-corrected chi connectivity index (χ1v) is 9.12. The number of carbonyl (C=O) groups excluding carboxylic acids is 2. The Morgan fingerprint density at radius 2 is 2.08 bits per heavy atom. The Kier molecular flexibility index (Phi) is 6.33. The molecule has 8 heteroatoms. The van der Waals surface area contributed by atoms with Crippen molar-refractivity contribution in [1.29, 1.82) is 0 Å². The zero-order valence-corrected chi connectivity index (χ0v) is 15.5. The maximum atomic E-state index is 12.3. The zero-order valence-electron chi connectivity index (χ0n) is 14.7. The van der Waals surface area contributed by atoms with Gasteiger partial charge in [0, 0.05) is 11.9 Å². The summed E-state index contributed by atoms with van der Waals surface area (Å²) < 4.78 is 5.12. The van der Waals surface area contributed by atoms with Gasteiger partial charge < -0.3 is 15.5 Å². The third-order valence-electron chi connectivity index (χ3n) is 4.37. The van der Waals surface area contributed by atoms with Crippen LogP contribution >= 0.6 is 11.3 Å². The number of aryl methyl sites for hydroxylation is 1. The second-order valence-electron chi connectivity index (χ2n) is 5.91. The Hall–Kier alpha value is -2.19. The molecule has 2 amide bonds. The van der Waals surface area contributed by atoms with Gasteiger partial charge in [-0.3, -0.25) is 14.9 Å². The van der Waals surface area contributed by atoms with Crippen molar-refractivity contribution in [3.8, 4) is 0 Å². The number of furan rings is 1. The number of hydrogen-bond donors (Lipinski definition) is 3. The van der Waals surface area contributed by atoms with E-state index in [2.05, 4.69) is 15.6 Å². The van der Waals surface area contributed by atoms with Gasteiger partial charge >= 0.3 is 0 Å². The first-order valence-electron chi connectivity index (χ1n) is 8.24. The number of rotatable bonds is 8. The molecule has 136 valence electrons. The third kappa shape index (κ3) is 4.67. The molecule has 0 unspecified atom stereocenters. The fourth-order valence-corrected chi connectivity index (χ4v) is 3.21. The van der Waals surface area contributed by atoms with Crippen molar-refractivity contribution in [2.45, 2.75) is 45.6 Å². The largest absolute Gasteiger partial charge is 0.469 e. The van der Waals surface area contributed by atoms with Crippen molar-refractivity contribution in [3.05, 3.63) is 34.7 Å². The van der Waals surface area contributed by atoms with Gasteiger partial charge in [-0.2, -0.15) is 0 Å². The summed E-state index contributed by atoms with van der Waals surface area (Å²) in [6.45, 7) is 6.13. The van der Waals surface area contributed by atoms with E-state index in [4.69, 9.17) is 10.2 Å². The lowest BCUT2D eigenvalue weighted by Gasteiger charge is -2.31. The van der Waals surface area contributed by atoms with Gasteiger partial charge in [-0.25, -0.2) is 4.98 Å². The van der Waals surface area contributed by atoms with Crippen molar-refractivity contribution >= 4 is 28.3 Å². The number of aromatic nitrogens is 1. The third-order valence-corrected chi connectivity index (χ3v) is 5.17. The van der Waals surface area contributed by atoms with Crippen molar-refractivity contribution in [1.82, 2.24) is 10.3 Å². The highest BCUT2D eigenvalue weighted by atomic mass is 32.1. The maximum absolute atomic E-state index is 12.3. The first kappa shape index (κ1) is 19.1. The van der Waals surface area contributed by atoms with Gasteiger partial charge in [-0.05, 0) is 25.8 Å². The van der Waals surface area contributed by atoms with E-state index in [0.29, 0.717) is 28.7 Å². The number of nitrogens with two attached hydrogens (primary N) is 1. The molecule has 4 N–H and O–H groups in total.